The smallest absolute Gasteiger partial charge is 0.258 e. The van der Waals surface area contributed by atoms with Crippen LogP contribution in [-0.2, 0) is 6.54 Å². The molecule has 0 aliphatic carbocycles. The zero-order valence-electron chi connectivity index (χ0n) is 18.3. The summed E-state index contributed by atoms with van der Waals surface area (Å²) in [6.07, 6.45) is 0. The molecule has 4 aromatic rings. The molecule has 6 nitrogen and oxygen atoms in total. The fourth-order valence-electron chi connectivity index (χ4n) is 3.59. The van der Waals surface area contributed by atoms with Crippen LogP contribution in [0.4, 0.5) is 5.69 Å². The first-order chi connectivity index (χ1) is 16.0. The van der Waals surface area contributed by atoms with Gasteiger partial charge in [-0.15, -0.1) is 0 Å². The second-order valence-electron chi connectivity index (χ2n) is 7.41. The monoisotopic (exact) mass is 462 g/mol. The van der Waals surface area contributed by atoms with E-state index in [0.717, 1.165) is 5.39 Å². The van der Waals surface area contributed by atoms with Gasteiger partial charge in [0.15, 0.2) is 0 Å². The zero-order chi connectivity index (χ0) is 23.4. The van der Waals surface area contributed by atoms with Gasteiger partial charge in [0.1, 0.15) is 11.5 Å². The highest BCUT2D eigenvalue weighted by atomic mass is 35.5. The Hall–Kier alpha value is -3.77. The van der Waals surface area contributed by atoms with Gasteiger partial charge in [0.05, 0.1) is 20.3 Å². The van der Waals surface area contributed by atoms with Gasteiger partial charge in [0.2, 0.25) is 0 Å². The minimum Gasteiger partial charge on any atom is -0.497 e. The van der Waals surface area contributed by atoms with Crippen molar-refractivity contribution in [2.24, 2.45) is 0 Å². The molecule has 0 unspecified atom stereocenters. The number of nitrogens with one attached hydrogen (secondary N) is 1. The van der Waals surface area contributed by atoms with Crippen LogP contribution in [0.25, 0.3) is 10.9 Å². The third-order valence-corrected chi connectivity index (χ3v) is 5.47. The summed E-state index contributed by atoms with van der Waals surface area (Å²) in [6.45, 7) is 2.52. The molecule has 3 aromatic carbocycles. The van der Waals surface area contributed by atoms with Gasteiger partial charge >= 0.3 is 0 Å². The lowest BCUT2D eigenvalue weighted by Gasteiger charge is -2.23. The summed E-state index contributed by atoms with van der Waals surface area (Å²) < 4.78 is 10.8. The number of methoxy groups -OCH3 is 1. The van der Waals surface area contributed by atoms with Gasteiger partial charge in [-0.25, -0.2) is 0 Å². The maximum atomic E-state index is 13.5. The van der Waals surface area contributed by atoms with Crippen molar-refractivity contribution < 1.29 is 14.3 Å². The molecule has 0 fully saturated rings. The Bertz CT molecular complexity index is 1350. The van der Waals surface area contributed by atoms with Gasteiger partial charge < -0.3 is 19.4 Å². The summed E-state index contributed by atoms with van der Waals surface area (Å²) in [4.78, 5) is 30.8. The number of H-pyrrole nitrogens is 1. The van der Waals surface area contributed by atoms with Crippen molar-refractivity contribution in [3.63, 3.8) is 0 Å². The molecule has 0 bridgehead atoms. The Morgan fingerprint density at radius 2 is 1.76 bits per heavy atom. The molecule has 0 saturated heterocycles. The van der Waals surface area contributed by atoms with Crippen molar-refractivity contribution in [2.75, 3.05) is 18.6 Å². The van der Waals surface area contributed by atoms with Crippen molar-refractivity contribution in [2.45, 2.75) is 13.5 Å². The molecule has 0 aliphatic rings. The maximum Gasteiger partial charge on any atom is 0.258 e. The molecule has 4 rings (SSSR count). The summed E-state index contributed by atoms with van der Waals surface area (Å²) >= 11 is 6.12. The number of halogens is 1. The molecular weight excluding hydrogens is 440 g/mol. The molecule has 7 heteroatoms. The van der Waals surface area contributed by atoms with E-state index in [1.807, 2.05) is 13.0 Å². The third-order valence-electron chi connectivity index (χ3n) is 5.23. The Labute approximate surface area is 196 Å². The lowest BCUT2D eigenvalue weighted by Crippen LogP contribution is -2.32. The SMILES string of the molecule is CCOc1ccc(N(Cc2cc3cc(OC)ccc3[nH]c2=O)C(=O)c2cccc(Cl)c2)cc1. The lowest BCUT2D eigenvalue weighted by molar-refractivity contribution is 0.0985. The number of anilines is 1. The average Bonchev–Trinajstić information content (AvgIpc) is 2.83. The number of benzene rings is 3. The number of nitrogens with zero attached hydrogens (tertiary/aromatic N) is 1. The number of carbonyl (C=O) groups excluding carboxylic acids is 1. The number of ether oxygens (including phenoxy) is 2. The highest BCUT2D eigenvalue weighted by molar-refractivity contribution is 6.31. The Morgan fingerprint density at radius 3 is 2.45 bits per heavy atom. The van der Waals surface area contributed by atoms with Crippen LogP contribution in [0.15, 0.2) is 77.6 Å². The average molecular weight is 463 g/mol. The number of aromatic amines is 1. The predicted octanol–water partition coefficient (Wildman–Crippen LogP) is 5.44. The topological polar surface area (TPSA) is 71.6 Å². The van der Waals surface area contributed by atoms with Gasteiger partial charge in [0.25, 0.3) is 11.5 Å². The fourth-order valence-corrected chi connectivity index (χ4v) is 3.78. The number of rotatable bonds is 7. The molecule has 1 aromatic heterocycles. The Morgan fingerprint density at radius 1 is 1.00 bits per heavy atom. The summed E-state index contributed by atoms with van der Waals surface area (Å²) in [5, 5.41) is 1.27. The fraction of sp³-hybridized carbons (Fsp3) is 0.154. The number of hydrogen-bond acceptors (Lipinski definition) is 4. The van der Waals surface area contributed by atoms with Gasteiger partial charge in [-0.2, -0.15) is 0 Å². The van der Waals surface area contributed by atoms with Gasteiger partial charge in [-0.1, -0.05) is 17.7 Å². The van der Waals surface area contributed by atoms with Crippen LogP contribution < -0.4 is 19.9 Å². The molecular formula is C26H23ClN2O4. The number of fused-ring (bicyclic) bond motifs is 1. The number of hydrogen-bond donors (Lipinski definition) is 1. The largest absolute Gasteiger partial charge is 0.497 e. The van der Waals surface area contributed by atoms with Crippen LogP contribution >= 0.6 is 11.6 Å². The van der Waals surface area contributed by atoms with Crippen LogP contribution in [0, 0.1) is 0 Å². The predicted molar refractivity (Wildman–Crippen MR) is 131 cm³/mol. The molecule has 0 spiro atoms. The zero-order valence-corrected chi connectivity index (χ0v) is 19.1. The Balaban J connectivity index is 1.76. The van der Waals surface area contributed by atoms with Crippen molar-refractivity contribution in [1.82, 2.24) is 4.98 Å². The Kier molecular flexibility index (Phi) is 6.66. The molecule has 0 aliphatic heterocycles. The minimum absolute atomic E-state index is 0.0712. The highest BCUT2D eigenvalue weighted by Gasteiger charge is 2.20. The van der Waals surface area contributed by atoms with Crippen LogP contribution in [0.2, 0.25) is 5.02 Å². The summed E-state index contributed by atoms with van der Waals surface area (Å²) in [5.74, 6) is 1.11. The minimum atomic E-state index is -0.271. The van der Waals surface area contributed by atoms with E-state index in [4.69, 9.17) is 21.1 Å². The summed E-state index contributed by atoms with van der Waals surface area (Å²) in [5.41, 5.74) is 1.93. The number of pyridine rings is 1. The molecule has 0 saturated carbocycles. The molecule has 1 amide bonds. The summed E-state index contributed by atoms with van der Waals surface area (Å²) in [7, 11) is 1.59. The second kappa shape index (κ2) is 9.79. The third kappa shape index (κ3) is 5.02. The molecule has 1 N–H and O–H groups in total. The number of aromatic nitrogens is 1. The first-order valence-corrected chi connectivity index (χ1v) is 10.9. The van der Waals surface area contributed by atoms with Crippen LogP contribution in [-0.4, -0.2) is 24.6 Å². The lowest BCUT2D eigenvalue weighted by atomic mass is 10.1. The summed E-state index contributed by atoms with van der Waals surface area (Å²) in [6, 6.07) is 21.1. The van der Waals surface area contributed by atoms with E-state index in [1.165, 1.54) is 0 Å². The van der Waals surface area contributed by atoms with Gasteiger partial charge in [-0.3, -0.25) is 9.59 Å². The van der Waals surface area contributed by atoms with Crippen LogP contribution in [0.3, 0.4) is 0 Å². The quantitative estimate of drug-likeness (QED) is 0.397. The van der Waals surface area contributed by atoms with E-state index in [2.05, 4.69) is 4.98 Å². The van der Waals surface area contributed by atoms with E-state index < -0.39 is 0 Å². The van der Waals surface area contributed by atoms with E-state index in [0.29, 0.717) is 45.5 Å². The molecule has 1 heterocycles. The van der Waals surface area contributed by atoms with E-state index >= 15 is 0 Å². The molecule has 168 valence electrons. The number of carbonyl (C=O) groups is 1. The van der Waals surface area contributed by atoms with E-state index in [1.54, 1.807) is 78.7 Å². The van der Waals surface area contributed by atoms with E-state index in [9.17, 15) is 9.59 Å². The van der Waals surface area contributed by atoms with Crippen molar-refractivity contribution >= 4 is 34.1 Å². The molecule has 33 heavy (non-hydrogen) atoms. The van der Waals surface area contributed by atoms with Gasteiger partial charge in [-0.05, 0) is 73.7 Å². The maximum absolute atomic E-state index is 13.5. The van der Waals surface area contributed by atoms with Crippen LogP contribution in [0.5, 0.6) is 11.5 Å². The van der Waals surface area contributed by atoms with Crippen molar-refractivity contribution in [1.29, 1.82) is 0 Å². The normalized spacial score (nSPS) is 10.8. The molecule has 0 radical (unpaired) electrons. The standard InChI is InChI=1S/C26H23ClN2O4/c1-3-33-22-9-7-21(8-10-22)29(26(31)17-5-4-6-20(27)14-17)16-19-13-18-15-23(32-2)11-12-24(18)28-25(19)30/h4-15H,3,16H2,1-2H3,(H,28,30). The number of amides is 1. The van der Waals surface area contributed by atoms with Crippen molar-refractivity contribution in [3.05, 3.63) is 99.3 Å². The van der Waals surface area contributed by atoms with Crippen LogP contribution in [0.1, 0.15) is 22.8 Å². The van der Waals surface area contributed by atoms with E-state index in [-0.39, 0.29) is 18.0 Å². The highest BCUT2D eigenvalue weighted by Crippen LogP contribution is 2.25. The first kappa shape index (κ1) is 22.4. The first-order valence-electron chi connectivity index (χ1n) is 10.5. The molecule has 0 atom stereocenters. The van der Waals surface area contributed by atoms with Gasteiger partial charge in [0, 0.05) is 32.7 Å². The second-order valence-corrected chi connectivity index (χ2v) is 7.84. The van der Waals surface area contributed by atoms with Crippen molar-refractivity contribution in [3.8, 4) is 11.5 Å².